The first-order valence-electron chi connectivity index (χ1n) is 8.17. The molecule has 1 saturated carbocycles. The van der Waals surface area contributed by atoms with Crippen molar-refractivity contribution in [2.24, 2.45) is 0 Å². The van der Waals surface area contributed by atoms with Gasteiger partial charge in [0.1, 0.15) is 0 Å². The molecule has 0 unspecified atom stereocenters. The molecule has 0 heterocycles. The van der Waals surface area contributed by atoms with Gasteiger partial charge in [0.2, 0.25) is 5.91 Å². The molecule has 0 aliphatic heterocycles. The Kier molecular flexibility index (Phi) is 6.24. The number of nitrogens with zero attached hydrogens (tertiary/aromatic N) is 1. The predicted molar refractivity (Wildman–Crippen MR) is 87.1 cm³/mol. The maximum Gasteiger partial charge on any atom is 0.234 e. The van der Waals surface area contributed by atoms with Gasteiger partial charge in [0.05, 0.1) is 6.54 Å². The Morgan fingerprint density at radius 3 is 2.38 bits per heavy atom. The topological polar surface area (TPSA) is 32.3 Å². The second kappa shape index (κ2) is 8.18. The molecule has 0 bridgehead atoms. The van der Waals surface area contributed by atoms with Crippen molar-refractivity contribution in [3.63, 3.8) is 0 Å². The molecule has 3 nitrogen and oxygen atoms in total. The van der Waals surface area contributed by atoms with Gasteiger partial charge in [-0.2, -0.15) is 0 Å². The monoisotopic (exact) mass is 288 g/mol. The number of aryl methyl sites for hydroxylation is 1. The standard InChI is InChI=1S/C18H28N2O/c1-15-9-11-16(12-10-15)13-19-18(21)14-20(2)17-7-5-3-4-6-8-17/h9-12,17H,3-8,13-14H2,1-2H3,(H,19,21). The van der Waals surface area contributed by atoms with E-state index in [0.29, 0.717) is 19.1 Å². The highest BCUT2D eigenvalue weighted by Crippen LogP contribution is 2.20. The van der Waals surface area contributed by atoms with E-state index in [1.807, 2.05) is 0 Å². The van der Waals surface area contributed by atoms with Crippen molar-refractivity contribution in [2.45, 2.75) is 58.0 Å². The number of hydrogen-bond donors (Lipinski definition) is 1. The van der Waals surface area contributed by atoms with E-state index in [4.69, 9.17) is 0 Å². The summed E-state index contributed by atoms with van der Waals surface area (Å²) in [7, 11) is 2.08. The summed E-state index contributed by atoms with van der Waals surface area (Å²) in [6.07, 6.45) is 7.79. The zero-order valence-electron chi connectivity index (χ0n) is 13.4. The molecule has 0 saturated heterocycles. The van der Waals surface area contributed by atoms with Crippen LogP contribution in [0.5, 0.6) is 0 Å². The normalized spacial score (nSPS) is 16.7. The molecule has 1 amide bonds. The lowest BCUT2D eigenvalue weighted by molar-refractivity contribution is -0.122. The Morgan fingerprint density at radius 1 is 1.14 bits per heavy atom. The molecule has 0 atom stereocenters. The molecule has 2 rings (SSSR count). The number of nitrogens with one attached hydrogen (secondary N) is 1. The molecule has 1 aliphatic carbocycles. The molecule has 0 spiro atoms. The van der Waals surface area contributed by atoms with E-state index in [2.05, 4.69) is 48.5 Å². The van der Waals surface area contributed by atoms with Crippen LogP contribution in [0.25, 0.3) is 0 Å². The van der Waals surface area contributed by atoms with Gasteiger partial charge in [-0.3, -0.25) is 9.69 Å². The van der Waals surface area contributed by atoms with Crippen LogP contribution in [0.15, 0.2) is 24.3 Å². The molecule has 1 aliphatic rings. The van der Waals surface area contributed by atoms with Crippen LogP contribution in [0.4, 0.5) is 0 Å². The van der Waals surface area contributed by atoms with Gasteiger partial charge in [0.15, 0.2) is 0 Å². The molecule has 0 aromatic heterocycles. The van der Waals surface area contributed by atoms with Gasteiger partial charge in [-0.05, 0) is 32.4 Å². The Hall–Kier alpha value is -1.35. The van der Waals surface area contributed by atoms with E-state index in [0.717, 1.165) is 5.56 Å². The number of likely N-dealkylation sites (N-methyl/N-ethyl adjacent to an activating group) is 1. The number of hydrogen-bond acceptors (Lipinski definition) is 2. The highest BCUT2D eigenvalue weighted by molar-refractivity contribution is 5.78. The van der Waals surface area contributed by atoms with Gasteiger partial charge in [0, 0.05) is 12.6 Å². The fraction of sp³-hybridized carbons (Fsp3) is 0.611. The Balaban J connectivity index is 1.74. The summed E-state index contributed by atoms with van der Waals surface area (Å²) in [5.41, 5.74) is 2.41. The lowest BCUT2D eigenvalue weighted by Gasteiger charge is -2.26. The van der Waals surface area contributed by atoms with E-state index in [-0.39, 0.29) is 5.91 Å². The first-order valence-corrected chi connectivity index (χ1v) is 8.17. The summed E-state index contributed by atoms with van der Waals surface area (Å²) in [5, 5.41) is 3.02. The van der Waals surface area contributed by atoms with Crippen LogP contribution in [-0.4, -0.2) is 30.4 Å². The molecule has 21 heavy (non-hydrogen) atoms. The summed E-state index contributed by atoms with van der Waals surface area (Å²) < 4.78 is 0. The molecule has 1 aromatic rings. The first-order chi connectivity index (χ1) is 10.1. The van der Waals surface area contributed by atoms with Gasteiger partial charge < -0.3 is 5.32 Å². The maximum absolute atomic E-state index is 12.1. The van der Waals surface area contributed by atoms with Crippen molar-refractivity contribution in [3.05, 3.63) is 35.4 Å². The summed E-state index contributed by atoms with van der Waals surface area (Å²) in [5.74, 6) is 0.127. The summed E-state index contributed by atoms with van der Waals surface area (Å²) in [6.45, 7) is 3.21. The van der Waals surface area contributed by atoms with E-state index in [9.17, 15) is 4.79 Å². The van der Waals surface area contributed by atoms with Gasteiger partial charge in [0.25, 0.3) is 0 Å². The second-order valence-corrected chi connectivity index (χ2v) is 6.32. The van der Waals surface area contributed by atoms with Crippen LogP contribution in [0.3, 0.4) is 0 Å². The Bertz CT molecular complexity index is 433. The van der Waals surface area contributed by atoms with Crippen LogP contribution in [-0.2, 0) is 11.3 Å². The summed E-state index contributed by atoms with van der Waals surface area (Å²) in [4.78, 5) is 14.3. The number of amides is 1. The van der Waals surface area contributed by atoms with Crippen molar-refractivity contribution in [1.29, 1.82) is 0 Å². The molecule has 1 N–H and O–H groups in total. The Labute approximate surface area is 128 Å². The minimum Gasteiger partial charge on any atom is -0.351 e. The third kappa shape index (κ3) is 5.50. The zero-order valence-corrected chi connectivity index (χ0v) is 13.4. The van der Waals surface area contributed by atoms with Crippen LogP contribution in [0.1, 0.15) is 49.7 Å². The third-order valence-electron chi connectivity index (χ3n) is 4.45. The number of rotatable bonds is 5. The van der Waals surface area contributed by atoms with Crippen molar-refractivity contribution in [1.82, 2.24) is 10.2 Å². The highest BCUT2D eigenvalue weighted by atomic mass is 16.2. The van der Waals surface area contributed by atoms with Crippen molar-refractivity contribution >= 4 is 5.91 Å². The zero-order chi connectivity index (χ0) is 15.1. The van der Waals surface area contributed by atoms with Crippen molar-refractivity contribution in [2.75, 3.05) is 13.6 Å². The minimum atomic E-state index is 0.127. The van der Waals surface area contributed by atoms with E-state index < -0.39 is 0 Å². The lowest BCUT2D eigenvalue weighted by atomic mass is 10.1. The first kappa shape index (κ1) is 16.0. The van der Waals surface area contributed by atoms with Crippen LogP contribution in [0.2, 0.25) is 0 Å². The molecule has 1 fully saturated rings. The SMILES string of the molecule is Cc1ccc(CNC(=O)CN(C)C2CCCCCC2)cc1. The molecule has 3 heteroatoms. The van der Waals surface area contributed by atoms with Gasteiger partial charge >= 0.3 is 0 Å². The average molecular weight is 288 g/mol. The van der Waals surface area contributed by atoms with E-state index >= 15 is 0 Å². The van der Waals surface area contributed by atoms with E-state index in [1.54, 1.807) is 0 Å². The largest absolute Gasteiger partial charge is 0.351 e. The Morgan fingerprint density at radius 2 is 1.76 bits per heavy atom. The van der Waals surface area contributed by atoms with Gasteiger partial charge in [-0.25, -0.2) is 0 Å². The predicted octanol–water partition coefficient (Wildman–Crippen LogP) is 3.27. The summed E-state index contributed by atoms with van der Waals surface area (Å²) >= 11 is 0. The number of benzene rings is 1. The van der Waals surface area contributed by atoms with Crippen molar-refractivity contribution < 1.29 is 4.79 Å². The van der Waals surface area contributed by atoms with Crippen LogP contribution < -0.4 is 5.32 Å². The molecule has 0 radical (unpaired) electrons. The summed E-state index contributed by atoms with van der Waals surface area (Å²) in [6, 6.07) is 8.89. The fourth-order valence-corrected chi connectivity index (χ4v) is 3.02. The van der Waals surface area contributed by atoms with Gasteiger partial charge in [-0.1, -0.05) is 55.5 Å². The smallest absolute Gasteiger partial charge is 0.234 e. The minimum absolute atomic E-state index is 0.127. The maximum atomic E-state index is 12.1. The van der Waals surface area contributed by atoms with Crippen molar-refractivity contribution in [3.8, 4) is 0 Å². The fourth-order valence-electron chi connectivity index (χ4n) is 3.02. The third-order valence-corrected chi connectivity index (χ3v) is 4.45. The van der Waals surface area contributed by atoms with Crippen LogP contribution >= 0.6 is 0 Å². The second-order valence-electron chi connectivity index (χ2n) is 6.32. The van der Waals surface area contributed by atoms with Gasteiger partial charge in [-0.15, -0.1) is 0 Å². The molecular weight excluding hydrogens is 260 g/mol. The molecule has 116 valence electrons. The average Bonchev–Trinajstić information content (AvgIpc) is 2.76. The van der Waals surface area contributed by atoms with Crippen LogP contribution in [0, 0.1) is 6.92 Å². The highest BCUT2D eigenvalue weighted by Gasteiger charge is 2.18. The molecule has 1 aromatic carbocycles. The van der Waals surface area contributed by atoms with E-state index in [1.165, 1.54) is 44.1 Å². The number of carbonyl (C=O) groups excluding carboxylic acids is 1. The quantitative estimate of drug-likeness (QED) is 0.843. The number of carbonyl (C=O) groups is 1. The molecular formula is C18H28N2O. The lowest BCUT2D eigenvalue weighted by Crippen LogP contribution is -2.40.